The molecular formula is C20H29N5. The summed E-state index contributed by atoms with van der Waals surface area (Å²) < 4.78 is 0. The van der Waals surface area contributed by atoms with E-state index in [4.69, 9.17) is 0 Å². The molecule has 3 rings (SSSR count). The summed E-state index contributed by atoms with van der Waals surface area (Å²) in [6.07, 6.45) is 2.26. The molecule has 1 fully saturated rings. The summed E-state index contributed by atoms with van der Waals surface area (Å²) in [6.45, 7) is 7.02. The standard InChI is InChI=1S/C20H29N5/c1-15-12-16(2)23-20(22-15)25-10-8-18(9-11-25)21-14-17-6-5-7-19(13-17)24(3)4/h5-7,12-13,18,21H,8-11,14H2,1-4H3. The van der Waals surface area contributed by atoms with Gasteiger partial charge in [0.25, 0.3) is 0 Å². The molecule has 1 aliphatic rings. The molecule has 1 N–H and O–H groups in total. The molecule has 2 aromatic rings. The van der Waals surface area contributed by atoms with Crippen LogP contribution in [0.15, 0.2) is 30.3 Å². The Bertz CT molecular complexity index is 685. The van der Waals surface area contributed by atoms with Crippen LogP contribution >= 0.6 is 0 Å². The van der Waals surface area contributed by atoms with Gasteiger partial charge in [0.15, 0.2) is 0 Å². The molecule has 0 atom stereocenters. The van der Waals surface area contributed by atoms with Crippen LogP contribution in [0.5, 0.6) is 0 Å². The zero-order chi connectivity index (χ0) is 17.8. The van der Waals surface area contributed by atoms with E-state index in [0.29, 0.717) is 6.04 Å². The summed E-state index contributed by atoms with van der Waals surface area (Å²) in [4.78, 5) is 13.6. The van der Waals surface area contributed by atoms with Gasteiger partial charge < -0.3 is 15.1 Å². The van der Waals surface area contributed by atoms with Gasteiger partial charge in [0.05, 0.1) is 0 Å². The van der Waals surface area contributed by atoms with E-state index in [9.17, 15) is 0 Å². The van der Waals surface area contributed by atoms with Crippen molar-refractivity contribution in [2.24, 2.45) is 0 Å². The summed E-state index contributed by atoms with van der Waals surface area (Å²) in [5.74, 6) is 0.884. The number of anilines is 2. The van der Waals surface area contributed by atoms with E-state index in [0.717, 1.165) is 49.8 Å². The lowest BCUT2D eigenvalue weighted by Crippen LogP contribution is -2.43. The van der Waals surface area contributed by atoms with Crippen LogP contribution in [-0.2, 0) is 6.54 Å². The van der Waals surface area contributed by atoms with Gasteiger partial charge in [0, 0.05) is 56.8 Å². The molecule has 0 spiro atoms. The van der Waals surface area contributed by atoms with E-state index in [-0.39, 0.29) is 0 Å². The first-order valence-corrected chi connectivity index (χ1v) is 9.08. The summed E-state index contributed by atoms with van der Waals surface area (Å²) in [6, 6.07) is 11.3. The molecule has 0 bridgehead atoms. The summed E-state index contributed by atoms with van der Waals surface area (Å²) >= 11 is 0. The van der Waals surface area contributed by atoms with Crippen molar-refractivity contribution in [3.05, 3.63) is 47.3 Å². The van der Waals surface area contributed by atoms with Gasteiger partial charge in [0.1, 0.15) is 0 Å². The number of rotatable bonds is 5. The van der Waals surface area contributed by atoms with Crippen LogP contribution in [0.25, 0.3) is 0 Å². The Kier molecular flexibility index (Phi) is 5.53. The molecule has 2 heterocycles. The quantitative estimate of drug-likeness (QED) is 0.907. The minimum Gasteiger partial charge on any atom is -0.378 e. The maximum atomic E-state index is 4.59. The first kappa shape index (κ1) is 17.7. The van der Waals surface area contributed by atoms with E-state index >= 15 is 0 Å². The van der Waals surface area contributed by atoms with Crippen molar-refractivity contribution in [2.45, 2.75) is 39.3 Å². The molecule has 0 saturated carbocycles. The van der Waals surface area contributed by atoms with Crippen molar-refractivity contribution in [3.8, 4) is 0 Å². The van der Waals surface area contributed by atoms with Crippen LogP contribution in [0.2, 0.25) is 0 Å². The van der Waals surface area contributed by atoms with Crippen molar-refractivity contribution in [1.29, 1.82) is 0 Å². The Morgan fingerprint density at radius 1 is 1.08 bits per heavy atom. The largest absolute Gasteiger partial charge is 0.378 e. The number of hydrogen-bond acceptors (Lipinski definition) is 5. The molecule has 1 aromatic heterocycles. The van der Waals surface area contributed by atoms with Gasteiger partial charge in [-0.1, -0.05) is 12.1 Å². The second-order valence-corrected chi connectivity index (χ2v) is 7.16. The fourth-order valence-corrected chi connectivity index (χ4v) is 3.34. The van der Waals surface area contributed by atoms with Crippen LogP contribution in [0.3, 0.4) is 0 Å². The average Bonchev–Trinajstić information content (AvgIpc) is 2.60. The fraction of sp³-hybridized carbons (Fsp3) is 0.500. The maximum Gasteiger partial charge on any atom is 0.225 e. The van der Waals surface area contributed by atoms with Crippen LogP contribution in [0.1, 0.15) is 29.8 Å². The normalized spacial score (nSPS) is 15.4. The molecule has 5 heteroatoms. The topological polar surface area (TPSA) is 44.3 Å². The van der Waals surface area contributed by atoms with Gasteiger partial charge in [0.2, 0.25) is 5.95 Å². The van der Waals surface area contributed by atoms with Crippen LogP contribution in [0, 0.1) is 13.8 Å². The van der Waals surface area contributed by atoms with Crippen molar-refractivity contribution in [2.75, 3.05) is 37.0 Å². The Labute approximate surface area is 151 Å². The summed E-state index contributed by atoms with van der Waals surface area (Å²) in [5.41, 5.74) is 4.68. The van der Waals surface area contributed by atoms with E-state index in [1.165, 1.54) is 11.3 Å². The fourth-order valence-electron chi connectivity index (χ4n) is 3.34. The monoisotopic (exact) mass is 339 g/mol. The first-order valence-electron chi connectivity index (χ1n) is 9.08. The molecule has 0 amide bonds. The molecule has 0 aliphatic carbocycles. The number of aromatic nitrogens is 2. The highest BCUT2D eigenvalue weighted by Crippen LogP contribution is 2.18. The molecule has 25 heavy (non-hydrogen) atoms. The smallest absolute Gasteiger partial charge is 0.225 e. The highest BCUT2D eigenvalue weighted by molar-refractivity contribution is 5.47. The van der Waals surface area contributed by atoms with Gasteiger partial charge >= 0.3 is 0 Å². The zero-order valence-electron chi connectivity index (χ0n) is 15.8. The van der Waals surface area contributed by atoms with Crippen LogP contribution in [0.4, 0.5) is 11.6 Å². The maximum absolute atomic E-state index is 4.59. The van der Waals surface area contributed by atoms with Crippen LogP contribution < -0.4 is 15.1 Å². The SMILES string of the molecule is Cc1cc(C)nc(N2CCC(NCc3cccc(N(C)C)c3)CC2)n1. The molecule has 134 valence electrons. The number of hydrogen-bond donors (Lipinski definition) is 1. The van der Waals surface area contributed by atoms with Gasteiger partial charge in [-0.3, -0.25) is 0 Å². The summed E-state index contributed by atoms with van der Waals surface area (Å²) in [7, 11) is 4.16. The second-order valence-electron chi connectivity index (χ2n) is 7.16. The minimum atomic E-state index is 0.560. The average molecular weight is 339 g/mol. The molecule has 1 saturated heterocycles. The lowest BCUT2D eigenvalue weighted by Gasteiger charge is -2.32. The predicted molar refractivity (Wildman–Crippen MR) is 104 cm³/mol. The lowest BCUT2D eigenvalue weighted by atomic mass is 10.0. The van der Waals surface area contributed by atoms with Crippen LogP contribution in [-0.4, -0.2) is 43.2 Å². The molecular weight excluding hydrogens is 310 g/mol. The number of piperidine rings is 1. The van der Waals surface area contributed by atoms with Crippen molar-refractivity contribution >= 4 is 11.6 Å². The van der Waals surface area contributed by atoms with Gasteiger partial charge in [-0.25, -0.2) is 9.97 Å². The number of nitrogens with one attached hydrogen (secondary N) is 1. The predicted octanol–water partition coefficient (Wildman–Crippen LogP) is 2.92. The van der Waals surface area contributed by atoms with Gasteiger partial charge in [-0.15, -0.1) is 0 Å². The zero-order valence-corrected chi connectivity index (χ0v) is 15.8. The minimum absolute atomic E-state index is 0.560. The molecule has 0 radical (unpaired) electrons. The van der Waals surface area contributed by atoms with Crippen molar-refractivity contribution in [3.63, 3.8) is 0 Å². The van der Waals surface area contributed by atoms with Crippen molar-refractivity contribution < 1.29 is 0 Å². The van der Waals surface area contributed by atoms with Crippen molar-refractivity contribution in [1.82, 2.24) is 15.3 Å². The lowest BCUT2D eigenvalue weighted by molar-refractivity contribution is 0.411. The third-order valence-corrected chi connectivity index (χ3v) is 4.77. The Hall–Kier alpha value is -2.14. The first-order chi connectivity index (χ1) is 12.0. The molecule has 0 unspecified atom stereocenters. The Morgan fingerprint density at radius 3 is 2.40 bits per heavy atom. The number of nitrogens with zero attached hydrogens (tertiary/aromatic N) is 4. The molecule has 1 aromatic carbocycles. The third-order valence-electron chi connectivity index (χ3n) is 4.77. The van der Waals surface area contributed by atoms with E-state index in [2.05, 4.69) is 63.4 Å². The number of aryl methyl sites for hydroxylation is 2. The Morgan fingerprint density at radius 2 is 1.76 bits per heavy atom. The van der Waals surface area contributed by atoms with Gasteiger partial charge in [-0.05, 0) is 50.5 Å². The van der Waals surface area contributed by atoms with Gasteiger partial charge in [-0.2, -0.15) is 0 Å². The molecule has 1 aliphatic heterocycles. The van der Waals surface area contributed by atoms with E-state index in [1.54, 1.807) is 0 Å². The highest BCUT2D eigenvalue weighted by atomic mass is 15.3. The van der Waals surface area contributed by atoms with E-state index in [1.807, 2.05) is 19.9 Å². The third kappa shape index (κ3) is 4.69. The Balaban J connectivity index is 1.52. The number of benzene rings is 1. The molecule has 5 nitrogen and oxygen atoms in total. The second kappa shape index (κ2) is 7.83. The highest BCUT2D eigenvalue weighted by Gasteiger charge is 2.21. The summed E-state index contributed by atoms with van der Waals surface area (Å²) in [5, 5.41) is 3.71. The van der Waals surface area contributed by atoms with E-state index < -0.39 is 0 Å².